The molecule has 0 heterocycles. The number of alkyl halides is 11. The lowest BCUT2D eigenvalue weighted by Gasteiger charge is -2.19. The minimum absolute atomic E-state index is 0.0931. The molecule has 0 aliphatic heterocycles. The SMILES string of the molecule is CC(C)CCCC(F)(F)C(F)(F)F.FC(F)(F)C(F)(F)CCCI. The van der Waals surface area contributed by atoms with Crippen LogP contribution in [0.3, 0.4) is 0 Å². The molecule has 0 nitrogen and oxygen atoms in total. The van der Waals surface area contributed by atoms with Gasteiger partial charge in [0.1, 0.15) is 0 Å². The van der Waals surface area contributed by atoms with Gasteiger partial charge in [0, 0.05) is 12.8 Å². The van der Waals surface area contributed by atoms with Crippen LogP contribution in [-0.2, 0) is 0 Å². The van der Waals surface area contributed by atoms with Crippen LogP contribution in [0.25, 0.3) is 0 Å². The molecule has 0 fully saturated rings. The van der Waals surface area contributed by atoms with Crippen LogP contribution in [0.4, 0.5) is 43.9 Å². The molecule has 0 aromatic rings. The molecule has 0 saturated heterocycles. The normalized spacial score (nSPS) is 13.8. The average molecular weight is 492 g/mol. The highest BCUT2D eigenvalue weighted by Crippen LogP contribution is 2.39. The Kier molecular flexibility index (Phi) is 11.2. The zero-order chi connectivity index (χ0) is 19.8. The highest BCUT2D eigenvalue weighted by Gasteiger charge is 2.57. The molecule has 0 aromatic heterocycles. The van der Waals surface area contributed by atoms with Gasteiger partial charge in [-0.15, -0.1) is 0 Å². The van der Waals surface area contributed by atoms with Crippen molar-refractivity contribution in [3.05, 3.63) is 0 Å². The maximum Gasteiger partial charge on any atom is 0.453 e. The van der Waals surface area contributed by atoms with Crippen molar-refractivity contribution in [1.29, 1.82) is 0 Å². The lowest BCUT2D eigenvalue weighted by atomic mass is 10.0. The molecule has 0 atom stereocenters. The van der Waals surface area contributed by atoms with Gasteiger partial charge in [-0.05, 0) is 23.2 Å². The van der Waals surface area contributed by atoms with E-state index in [1.165, 1.54) is 0 Å². The Morgan fingerprint density at radius 2 is 1.00 bits per heavy atom. The van der Waals surface area contributed by atoms with Gasteiger partial charge < -0.3 is 0 Å². The van der Waals surface area contributed by atoms with Crippen molar-refractivity contribution in [1.82, 2.24) is 0 Å². The van der Waals surface area contributed by atoms with Crippen molar-refractivity contribution >= 4 is 22.6 Å². The summed E-state index contributed by atoms with van der Waals surface area (Å²) < 4.78 is 118. The van der Waals surface area contributed by atoms with E-state index in [-0.39, 0.29) is 18.8 Å². The van der Waals surface area contributed by atoms with Crippen LogP contribution in [0.2, 0.25) is 0 Å². The Bertz CT molecular complexity index is 333. The summed E-state index contributed by atoms with van der Waals surface area (Å²) in [5, 5.41) is 0. The Morgan fingerprint density at radius 3 is 1.25 bits per heavy atom. The largest absolute Gasteiger partial charge is 0.453 e. The van der Waals surface area contributed by atoms with Crippen molar-refractivity contribution < 1.29 is 43.9 Å². The van der Waals surface area contributed by atoms with Gasteiger partial charge >= 0.3 is 24.2 Å². The van der Waals surface area contributed by atoms with Gasteiger partial charge in [0.15, 0.2) is 0 Å². The molecule has 0 aliphatic rings. The number of rotatable bonds is 7. The van der Waals surface area contributed by atoms with Gasteiger partial charge in [0.2, 0.25) is 0 Å². The van der Waals surface area contributed by atoms with Crippen LogP contribution < -0.4 is 0 Å². The molecule has 0 aliphatic carbocycles. The zero-order valence-corrected chi connectivity index (χ0v) is 15.1. The molecule has 0 bridgehead atoms. The topological polar surface area (TPSA) is 0 Å². The molecule has 11 heteroatoms. The van der Waals surface area contributed by atoms with Crippen LogP contribution in [0, 0.1) is 5.92 Å². The summed E-state index contributed by atoms with van der Waals surface area (Å²) in [5.74, 6) is -8.89. The molecule has 0 amide bonds. The predicted octanol–water partition coefficient (Wildman–Crippen LogP) is 7.41. The molecule has 0 saturated carbocycles. The van der Waals surface area contributed by atoms with Gasteiger partial charge in [0.05, 0.1) is 0 Å². The number of halogens is 11. The fourth-order valence-corrected chi connectivity index (χ4v) is 1.69. The smallest absolute Gasteiger partial charge is 0.196 e. The summed E-state index contributed by atoms with van der Waals surface area (Å²) in [7, 11) is 0. The van der Waals surface area contributed by atoms with Crippen LogP contribution in [0.5, 0.6) is 0 Å². The third kappa shape index (κ3) is 10.8. The third-order valence-electron chi connectivity index (χ3n) is 2.73. The standard InChI is InChI=1S/C8H13F5.C5H6F5I/c1-6(2)4-3-5-7(9,10)8(11,12)13;6-4(7,2-1-3-11)5(8,9)10/h6H,3-5H2,1-2H3;1-3H2. The Balaban J connectivity index is 0. The first-order chi connectivity index (χ1) is 10.5. The van der Waals surface area contributed by atoms with E-state index in [1.807, 2.05) is 0 Å². The van der Waals surface area contributed by atoms with E-state index in [1.54, 1.807) is 36.4 Å². The second kappa shape index (κ2) is 10.2. The van der Waals surface area contributed by atoms with Gasteiger partial charge in [-0.3, -0.25) is 0 Å². The second-order valence-electron chi connectivity index (χ2n) is 5.48. The third-order valence-corrected chi connectivity index (χ3v) is 3.49. The Morgan fingerprint density at radius 1 is 0.667 bits per heavy atom. The molecule has 0 rings (SSSR count). The fourth-order valence-electron chi connectivity index (χ4n) is 1.30. The van der Waals surface area contributed by atoms with Crippen LogP contribution in [0.15, 0.2) is 0 Å². The molecular formula is C13H19F10I. The first-order valence-corrected chi connectivity index (χ1v) is 8.45. The van der Waals surface area contributed by atoms with Gasteiger partial charge in [-0.1, -0.05) is 42.9 Å². The first kappa shape index (κ1) is 26.3. The summed E-state index contributed by atoms with van der Waals surface area (Å²) >= 11 is 1.75. The summed E-state index contributed by atoms with van der Waals surface area (Å²) in [6.45, 7) is 3.57. The molecule has 0 N–H and O–H groups in total. The monoisotopic (exact) mass is 492 g/mol. The molecular weight excluding hydrogens is 473 g/mol. The maximum absolute atomic E-state index is 12.3. The summed E-state index contributed by atoms with van der Waals surface area (Å²) in [4.78, 5) is 0. The van der Waals surface area contributed by atoms with Crippen molar-refractivity contribution in [3.63, 3.8) is 0 Å². The minimum atomic E-state index is -5.40. The van der Waals surface area contributed by atoms with Crippen molar-refractivity contribution in [2.24, 2.45) is 5.92 Å². The lowest BCUT2D eigenvalue weighted by Crippen LogP contribution is -2.36. The Labute approximate surface area is 147 Å². The number of hydrogen-bond acceptors (Lipinski definition) is 0. The summed E-state index contributed by atoms with van der Waals surface area (Å²) in [6, 6.07) is 0. The predicted molar refractivity (Wildman–Crippen MR) is 78.8 cm³/mol. The quantitative estimate of drug-likeness (QED) is 0.197. The van der Waals surface area contributed by atoms with Gasteiger partial charge in [-0.25, -0.2) is 0 Å². The molecule has 0 aromatic carbocycles. The van der Waals surface area contributed by atoms with E-state index in [2.05, 4.69) is 0 Å². The molecule has 148 valence electrons. The van der Waals surface area contributed by atoms with E-state index in [4.69, 9.17) is 0 Å². The van der Waals surface area contributed by atoms with E-state index < -0.39 is 37.0 Å². The van der Waals surface area contributed by atoms with E-state index in [0.717, 1.165) is 0 Å². The van der Waals surface area contributed by atoms with Gasteiger partial charge in [0.25, 0.3) is 0 Å². The first-order valence-electron chi connectivity index (χ1n) is 6.93. The summed E-state index contributed by atoms with van der Waals surface area (Å²) in [5.41, 5.74) is 0. The fraction of sp³-hybridized carbons (Fsp3) is 1.00. The van der Waals surface area contributed by atoms with E-state index in [0.29, 0.717) is 10.8 Å². The van der Waals surface area contributed by atoms with Crippen LogP contribution >= 0.6 is 22.6 Å². The van der Waals surface area contributed by atoms with Crippen LogP contribution in [-0.4, -0.2) is 28.6 Å². The summed E-state index contributed by atoms with van der Waals surface area (Å²) in [6.07, 6.45) is -12.8. The van der Waals surface area contributed by atoms with E-state index >= 15 is 0 Å². The minimum Gasteiger partial charge on any atom is -0.196 e. The lowest BCUT2D eigenvalue weighted by molar-refractivity contribution is -0.284. The number of hydrogen-bond donors (Lipinski definition) is 0. The second-order valence-corrected chi connectivity index (χ2v) is 6.56. The maximum atomic E-state index is 12.3. The molecule has 0 spiro atoms. The van der Waals surface area contributed by atoms with Crippen molar-refractivity contribution in [2.45, 2.75) is 70.1 Å². The van der Waals surface area contributed by atoms with Crippen molar-refractivity contribution in [2.75, 3.05) is 4.43 Å². The molecule has 24 heavy (non-hydrogen) atoms. The zero-order valence-electron chi connectivity index (χ0n) is 13.0. The van der Waals surface area contributed by atoms with Crippen molar-refractivity contribution in [3.8, 4) is 0 Å². The highest BCUT2D eigenvalue weighted by atomic mass is 127. The van der Waals surface area contributed by atoms with E-state index in [9.17, 15) is 43.9 Å². The highest BCUT2D eigenvalue weighted by molar-refractivity contribution is 14.1. The Hall–Kier alpha value is 0.0300. The molecule has 0 unspecified atom stereocenters. The average Bonchev–Trinajstić information content (AvgIpc) is 2.33. The van der Waals surface area contributed by atoms with Crippen LogP contribution in [0.1, 0.15) is 46.0 Å². The van der Waals surface area contributed by atoms with Gasteiger partial charge in [-0.2, -0.15) is 43.9 Å². The molecule has 0 radical (unpaired) electrons.